The number of rotatable bonds is 5. The van der Waals surface area contributed by atoms with Crippen molar-refractivity contribution >= 4 is 15.7 Å². The summed E-state index contributed by atoms with van der Waals surface area (Å²) in [7, 11) is 0.831. The lowest BCUT2D eigenvalue weighted by Crippen LogP contribution is -2.45. The Morgan fingerprint density at radius 3 is 2.50 bits per heavy atom. The zero-order valence-electron chi connectivity index (χ0n) is 24.2. The molecular weight excluding hydrogens is 504 g/mol. The van der Waals surface area contributed by atoms with E-state index >= 15 is 0 Å². The first-order valence-corrected chi connectivity index (χ1v) is 16.8. The van der Waals surface area contributed by atoms with Gasteiger partial charge in [-0.3, -0.25) is 0 Å². The van der Waals surface area contributed by atoms with Crippen LogP contribution in [0.3, 0.4) is 0 Å². The Labute approximate surface area is 242 Å². The summed E-state index contributed by atoms with van der Waals surface area (Å²) in [5, 5.41) is 0.487. The molecule has 5 unspecified atom stereocenters. The largest absolute Gasteiger partial charge is 0.377 e. The molecular formula is C37H42N2S. The molecule has 2 nitrogen and oxygen atoms in total. The van der Waals surface area contributed by atoms with Gasteiger partial charge in [0.1, 0.15) is 0 Å². The summed E-state index contributed by atoms with van der Waals surface area (Å²) in [5.41, 5.74) is 5.72. The molecule has 2 aromatic rings. The predicted octanol–water partition coefficient (Wildman–Crippen LogP) is 9.23. The minimum absolute atomic E-state index is 0.0269. The normalized spacial score (nSPS) is 31.2. The van der Waals surface area contributed by atoms with E-state index in [-0.39, 0.29) is 4.75 Å². The van der Waals surface area contributed by atoms with Crippen molar-refractivity contribution in [2.75, 3.05) is 18.5 Å². The second kappa shape index (κ2) is 10.0. The molecule has 5 aliphatic rings. The zero-order chi connectivity index (χ0) is 27.3. The Balaban J connectivity index is 1.43. The molecule has 0 radical (unpaired) electrons. The SMILES string of the molecule is CC1=CC(S(C2=CC=CCC2)(c2ccccc2)C2(C)C=CC3C(C2)c2ccccc2N3C2=CCCC=C2)CN1C. The summed E-state index contributed by atoms with van der Waals surface area (Å²) in [6.07, 6.45) is 28.0. The average Bonchev–Trinajstić information content (AvgIpc) is 3.50. The summed E-state index contributed by atoms with van der Waals surface area (Å²) in [5.74, 6) is 0.474. The quantitative estimate of drug-likeness (QED) is 0.345. The summed E-state index contributed by atoms with van der Waals surface area (Å²) in [4.78, 5) is 8.35. The van der Waals surface area contributed by atoms with Gasteiger partial charge in [-0.1, -0.05) is 85.0 Å². The van der Waals surface area contributed by atoms with Crippen molar-refractivity contribution in [1.29, 1.82) is 0 Å². The maximum Gasteiger partial charge on any atom is 0.0592 e. The van der Waals surface area contributed by atoms with Crippen LogP contribution in [0, 0.1) is 0 Å². The van der Waals surface area contributed by atoms with Gasteiger partial charge in [0.05, 0.1) is 6.04 Å². The van der Waals surface area contributed by atoms with Crippen molar-refractivity contribution in [2.24, 2.45) is 0 Å². The highest BCUT2D eigenvalue weighted by atomic mass is 32.3. The molecule has 0 bridgehead atoms. The monoisotopic (exact) mass is 546 g/mol. The van der Waals surface area contributed by atoms with Gasteiger partial charge in [0, 0.05) is 46.6 Å². The third kappa shape index (κ3) is 3.84. The molecule has 0 amide bonds. The van der Waals surface area contributed by atoms with Gasteiger partial charge in [-0.15, -0.1) is 0 Å². The molecule has 2 aromatic carbocycles. The van der Waals surface area contributed by atoms with E-state index in [1.54, 1.807) is 9.80 Å². The average molecular weight is 547 g/mol. The Kier molecular flexibility index (Phi) is 6.46. The molecule has 40 heavy (non-hydrogen) atoms. The predicted molar refractivity (Wildman–Crippen MR) is 173 cm³/mol. The Morgan fingerprint density at radius 2 is 1.77 bits per heavy atom. The summed E-state index contributed by atoms with van der Waals surface area (Å²) >= 11 is 0. The molecule has 206 valence electrons. The minimum Gasteiger partial charge on any atom is -0.377 e. The molecule has 2 heterocycles. The lowest BCUT2D eigenvalue weighted by Gasteiger charge is -2.60. The number of nitrogens with zero attached hydrogens (tertiary/aromatic N) is 2. The van der Waals surface area contributed by atoms with E-state index in [2.05, 4.69) is 140 Å². The van der Waals surface area contributed by atoms with Crippen LogP contribution in [0.4, 0.5) is 5.69 Å². The highest BCUT2D eigenvalue weighted by Crippen LogP contribution is 2.78. The van der Waals surface area contributed by atoms with E-state index in [1.165, 1.54) is 22.6 Å². The van der Waals surface area contributed by atoms with Crippen LogP contribution in [-0.2, 0) is 0 Å². The smallest absolute Gasteiger partial charge is 0.0592 e. The van der Waals surface area contributed by atoms with E-state index in [0.717, 1.165) is 38.6 Å². The Bertz CT molecular complexity index is 1480. The van der Waals surface area contributed by atoms with Gasteiger partial charge in [0.25, 0.3) is 0 Å². The van der Waals surface area contributed by atoms with Gasteiger partial charge in [-0.25, -0.2) is 0 Å². The van der Waals surface area contributed by atoms with Crippen LogP contribution in [0.15, 0.2) is 130 Å². The molecule has 0 saturated heterocycles. The molecule has 0 fully saturated rings. The molecule has 0 aromatic heterocycles. The van der Waals surface area contributed by atoms with Crippen molar-refractivity contribution in [3.05, 3.63) is 131 Å². The van der Waals surface area contributed by atoms with Crippen molar-refractivity contribution < 1.29 is 0 Å². The fraction of sp³-hybridized carbons (Fsp3) is 0.351. The van der Waals surface area contributed by atoms with E-state index in [9.17, 15) is 0 Å². The number of para-hydroxylation sites is 1. The van der Waals surface area contributed by atoms with Crippen molar-refractivity contribution in [1.82, 2.24) is 4.90 Å². The van der Waals surface area contributed by atoms with Gasteiger partial charge in [-0.2, -0.15) is 10.0 Å². The number of hydrogen-bond acceptors (Lipinski definition) is 2. The third-order valence-corrected chi connectivity index (χ3v) is 15.2. The molecule has 0 N–H and O–H groups in total. The summed E-state index contributed by atoms with van der Waals surface area (Å²) < 4.78 is 0.0269. The van der Waals surface area contributed by atoms with E-state index < -0.39 is 10.0 Å². The number of hydrogen-bond donors (Lipinski definition) is 0. The number of fused-ring (bicyclic) bond motifs is 3. The molecule has 0 saturated carbocycles. The van der Waals surface area contributed by atoms with Crippen LogP contribution in [0.25, 0.3) is 0 Å². The maximum atomic E-state index is 2.68. The number of benzene rings is 2. The number of anilines is 1. The highest BCUT2D eigenvalue weighted by molar-refractivity contribution is 8.38. The van der Waals surface area contributed by atoms with Crippen LogP contribution < -0.4 is 4.90 Å². The minimum atomic E-state index is -1.45. The zero-order valence-corrected chi connectivity index (χ0v) is 25.0. The molecule has 3 heteroatoms. The van der Waals surface area contributed by atoms with Crippen LogP contribution in [0.2, 0.25) is 0 Å². The van der Waals surface area contributed by atoms with E-state index in [1.807, 2.05) is 0 Å². The lowest BCUT2D eigenvalue weighted by molar-refractivity contribution is 0.458. The molecule has 7 rings (SSSR count). The highest BCUT2D eigenvalue weighted by Gasteiger charge is 2.55. The van der Waals surface area contributed by atoms with Crippen LogP contribution >= 0.6 is 10.0 Å². The Hall–Kier alpha value is -3.17. The van der Waals surface area contributed by atoms with Gasteiger partial charge in [0.2, 0.25) is 0 Å². The maximum absolute atomic E-state index is 2.68. The lowest BCUT2D eigenvalue weighted by atomic mass is 9.81. The van der Waals surface area contributed by atoms with Crippen molar-refractivity contribution in [3.63, 3.8) is 0 Å². The molecule has 3 aliphatic carbocycles. The Morgan fingerprint density at radius 1 is 0.950 bits per heavy atom. The fourth-order valence-corrected chi connectivity index (χ4v) is 13.9. The van der Waals surface area contributed by atoms with E-state index in [0.29, 0.717) is 17.2 Å². The molecule has 5 atom stereocenters. The van der Waals surface area contributed by atoms with Gasteiger partial charge < -0.3 is 9.80 Å². The van der Waals surface area contributed by atoms with Gasteiger partial charge in [0.15, 0.2) is 0 Å². The topological polar surface area (TPSA) is 6.48 Å². The summed E-state index contributed by atoms with van der Waals surface area (Å²) in [6.45, 7) is 6.01. The summed E-state index contributed by atoms with van der Waals surface area (Å²) in [6, 6.07) is 21.3. The first-order valence-electron chi connectivity index (χ1n) is 15.1. The van der Waals surface area contributed by atoms with Crippen molar-refractivity contribution in [3.8, 4) is 0 Å². The van der Waals surface area contributed by atoms with Crippen molar-refractivity contribution in [2.45, 2.75) is 72.8 Å². The molecule has 0 spiro atoms. The number of allylic oxidation sites excluding steroid dienone is 8. The van der Waals surface area contributed by atoms with Crippen LogP contribution in [0.1, 0.15) is 57.4 Å². The second-order valence-corrected chi connectivity index (χ2v) is 16.2. The van der Waals surface area contributed by atoms with E-state index in [4.69, 9.17) is 0 Å². The first-order chi connectivity index (χ1) is 19.5. The molecule has 2 aliphatic heterocycles. The third-order valence-electron chi connectivity index (χ3n) is 10.0. The fourth-order valence-electron chi connectivity index (χ4n) is 8.13. The van der Waals surface area contributed by atoms with Gasteiger partial charge in [-0.05, 0) is 85.6 Å². The van der Waals surface area contributed by atoms with Crippen LogP contribution in [-0.4, -0.2) is 34.5 Å². The second-order valence-electron chi connectivity index (χ2n) is 12.3. The standard InChI is InChI=1S/C37H42N2S/c1-28-25-32(27-38(28)3)40(30-17-9-5-10-18-30,31-19-11-6-12-20-31)37(2)24-23-36-34(26-37)33-21-13-14-22-35(33)39(36)29-15-7-4-8-16-29/h5-7,9-11,13-19,21-25,32,34,36H,4,8,12,20,26-27H2,1-3H3. The van der Waals surface area contributed by atoms with Gasteiger partial charge >= 0.3 is 0 Å². The van der Waals surface area contributed by atoms with Crippen LogP contribution in [0.5, 0.6) is 0 Å². The first kappa shape index (κ1) is 25.8.